The number of nitro groups is 1. The van der Waals surface area contributed by atoms with Gasteiger partial charge < -0.3 is 11.1 Å². The van der Waals surface area contributed by atoms with E-state index in [1.54, 1.807) is 0 Å². The van der Waals surface area contributed by atoms with Crippen molar-refractivity contribution in [1.82, 2.24) is 4.98 Å². The minimum absolute atomic E-state index is 0.0868. The molecule has 0 amide bonds. The van der Waals surface area contributed by atoms with Crippen LogP contribution in [0.25, 0.3) is 0 Å². The number of rotatable bonds is 3. The van der Waals surface area contributed by atoms with Gasteiger partial charge in [-0.1, -0.05) is 0 Å². The molecule has 8 heteroatoms. The van der Waals surface area contributed by atoms with Gasteiger partial charge in [0.05, 0.1) is 16.2 Å². The molecule has 0 unspecified atom stereocenters. The first-order valence-corrected chi connectivity index (χ1v) is 5.39. The maximum absolute atomic E-state index is 13.0. The summed E-state index contributed by atoms with van der Waals surface area (Å²) >= 11 is 0. The summed E-state index contributed by atoms with van der Waals surface area (Å²) in [5.74, 6) is -0.569. The molecule has 20 heavy (non-hydrogen) atoms. The van der Waals surface area contributed by atoms with Gasteiger partial charge in [0.2, 0.25) is 5.82 Å². The summed E-state index contributed by atoms with van der Waals surface area (Å²) in [5, 5.41) is 22.3. The average Bonchev–Trinajstić information content (AvgIpc) is 2.40. The number of hydrogen-bond acceptors (Lipinski definition) is 6. The van der Waals surface area contributed by atoms with Gasteiger partial charge in [-0.25, -0.2) is 9.37 Å². The smallest absolute Gasteiger partial charge is 0.311 e. The molecule has 0 saturated carbocycles. The SMILES string of the molecule is N#Cc1cc(F)ccc1Nc1ccc([N+](=O)[O-])c(N)n1. The fourth-order valence-electron chi connectivity index (χ4n) is 1.55. The van der Waals surface area contributed by atoms with E-state index < -0.39 is 10.7 Å². The second-order valence-corrected chi connectivity index (χ2v) is 3.78. The van der Waals surface area contributed by atoms with Crippen molar-refractivity contribution in [3.63, 3.8) is 0 Å². The van der Waals surface area contributed by atoms with Gasteiger partial charge in [0.1, 0.15) is 17.7 Å². The van der Waals surface area contributed by atoms with Crippen LogP contribution in [-0.2, 0) is 0 Å². The molecule has 0 aliphatic heterocycles. The molecule has 2 aromatic rings. The summed E-state index contributed by atoms with van der Waals surface area (Å²) < 4.78 is 13.0. The highest BCUT2D eigenvalue weighted by Gasteiger charge is 2.13. The van der Waals surface area contributed by atoms with E-state index in [0.717, 1.165) is 6.07 Å². The molecule has 0 spiro atoms. The van der Waals surface area contributed by atoms with E-state index in [1.165, 1.54) is 24.3 Å². The molecule has 7 nitrogen and oxygen atoms in total. The lowest BCUT2D eigenvalue weighted by molar-refractivity contribution is -0.384. The highest BCUT2D eigenvalue weighted by atomic mass is 19.1. The van der Waals surface area contributed by atoms with Crippen LogP contribution in [0.3, 0.4) is 0 Å². The topological polar surface area (TPSA) is 118 Å². The first-order chi connectivity index (χ1) is 9.51. The molecule has 0 aliphatic carbocycles. The lowest BCUT2D eigenvalue weighted by atomic mass is 10.2. The van der Waals surface area contributed by atoms with E-state index >= 15 is 0 Å². The standard InChI is InChI=1S/C12H8FN5O2/c13-8-1-2-9(7(5-8)6-14)16-11-4-3-10(18(19)20)12(15)17-11/h1-5H,(H3,15,16,17). The molecule has 100 valence electrons. The molecule has 0 aliphatic rings. The number of halogens is 1. The van der Waals surface area contributed by atoms with Crippen molar-refractivity contribution in [3.05, 3.63) is 51.8 Å². The Balaban J connectivity index is 2.34. The van der Waals surface area contributed by atoms with Crippen LogP contribution >= 0.6 is 0 Å². The van der Waals surface area contributed by atoms with E-state index in [0.29, 0.717) is 5.69 Å². The first kappa shape index (κ1) is 13.2. The largest absolute Gasteiger partial charge is 0.378 e. The van der Waals surface area contributed by atoms with Crippen LogP contribution < -0.4 is 11.1 Å². The molecule has 0 radical (unpaired) electrons. The molecule has 1 aromatic heterocycles. The van der Waals surface area contributed by atoms with Crippen LogP contribution in [0, 0.1) is 27.3 Å². The first-order valence-electron chi connectivity index (χ1n) is 5.39. The Kier molecular flexibility index (Phi) is 3.43. The second-order valence-electron chi connectivity index (χ2n) is 3.78. The third kappa shape index (κ3) is 2.62. The molecule has 0 saturated heterocycles. The monoisotopic (exact) mass is 273 g/mol. The quantitative estimate of drug-likeness (QED) is 0.654. The Morgan fingerprint density at radius 3 is 2.75 bits per heavy atom. The van der Waals surface area contributed by atoms with Crippen LogP contribution in [0.4, 0.5) is 27.4 Å². The van der Waals surface area contributed by atoms with Gasteiger partial charge in [0.25, 0.3) is 0 Å². The summed E-state index contributed by atoms with van der Waals surface area (Å²) in [6.45, 7) is 0. The van der Waals surface area contributed by atoms with Crippen molar-refractivity contribution in [2.45, 2.75) is 0 Å². The van der Waals surface area contributed by atoms with E-state index in [-0.39, 0.29) is 22.9 Å². The van der Waals surface area contributed by atoms with Crippen LogP contribution in [0.2, 0.25) is 0 Å². The molecule has 2 rings (SSSR count). The van der Waals surface area contributed by atoms with Crippen LogP contribution in [0.15, 0.2) is 30.3 Å². The third-order valence-corrected chi connectivity index (χ3v) is 2.46. The Morgan fingerprint density at radius 2 is 2.15 bits per heavy atom. The zero-order chi connectivity index (χ0) is 14.7. The van der Waals surface area contributed by atoms with Gasteiger partial charge in [-0.15, -0.1) is 0 Å². The maximum atomic E-state index is 13.0. The van der Waals surface area contributed by atoms with E-state index in [2.05, 4.69) is 10.3 Å². The Bertz CT molecular complexity index is 726. The number of hydrogen-bond donors (Lipinski definition) is 2. The molecule has 1 heterocycles. The number of benzene rings is 1. The molecule has 0 atom stereocenters. The molecule has 0 fully saturated rings. The Morgan fingerprint density at radius 1 is 1.40 bits per heavy atom. The lowest BCUT2D eigenvalue weighted by Gasteiger charge is -2.08. The molecule has 3 N–H and O–H groups in total. The highest BCUT2D eigenvalue weighted by Crippen LogP contribution is 2.24. The van der Waals surface area contributed by atoms with E-state index in [4.69, 9.17) is 11.0 Å². The van der Waals surface area contributed by atoms with E-state index in [9.17, 15) is 14.5 Å². The second kappa shape index (κ2) is 5.19. The minimum Gasteiger partial charge on any atom is -0.378 e. The zero-order valence-electron chi connectivity index (χ0n) is 10.0. The number of anilines is 3. The molecule has 0 bridgehead atoms. The fourth-order valence-corrected chi connectivity index (χ4v) is 1.55. The number of nitrogens with one attached hydrogen (secondary N) is 1. The third-order valence-electron chi connectivity index (χ3n) is 2.46. The summed E-state index contributed by atoms with van der Waals surface area (Å²) in [6, 6.07) is 7.99. The van der Waals surface area contributed by atoms with Gasteiger partial charge in [-0.2, -0.15) is 5.26 Å². The highest BCUT2D eigenvalue weighted by molar-refractivity contribution is 5.67. The normalized spacial score (nSPS) is 9.80. The van der Waals surface area contributed by atoms with Gasteiger partial charge in [0.15, 0.2) is 0 Å². The minimum atomic E-state index is -0.648. The Labute approximate surface area is 112 Å². The predicted octanol–water partition coefficient (Wildman–Crippen LogP) is 2.33. The van der Waals surface area contributed by atoms with Crippen molar-refractivity contribution in [2.24, 2.45) is 0 Å². The van der Waals surface area contributed by atoms with Crippen molar-refractivity contribution in [3.8, 4) is 6.07 Å². The number of aromatic nitrogens is 1. The molecule has 1 aromatic carbocycles. The van der Waals surface area contributed by atoms with Crippen LogP contribution in [0.1, 0.15) is 5.56 Å². The molecular weight excluding hydrogens is 265 g/mol. The zero-order valence-corrected chi connectivity index (χ0v) is 10.0. The molecular formula is C12H8FN5O2. The number of nitrogens with two attached hydrogens (primary N) is 1. The Hall–Kier alpha value is -3.21. The number of nitrogen functional groups attached to an aromatic ring is 1. The average molecular weight is 273 g/mol. The maximum Gasteiger partial charge on any atom is 0.311 e. The predicted molar refractivity (Wildman–Crippen MR) is 69.7 cm³/mol. The van der Waals surface area contributed by atoms with Crippen molar-refractivity contribution < 1.29 is 9.31 Å². The van der Waals surface area contributed by atoms with Crippen molar-refractivity contribution >= 4 is 23.0 Å². The summed E-state index contributed by atoms with van der Waals surface area (Å²) in [6.07, 6.45) is 0. The number of nitrogens with zero attached hydrogens (tertiary/aromatic N) is 3. The van der Waals surface area contributed by atoms with Gasteiger partial charge in [-0.3, -0.25) is 10.1 Å². The van der Waals surface area contributed by atoms with Crippen LogP contribution in [-0.4, -0.2) is 9.91 Å². The number of nitriles is 1. The summed E-state index contributed by atoms with van der Waals surface area (Å²) in [7, 11) is 0. The number of pyridine rings is 1. The van der Waals surface area contributed by atoms with E-state index in [1.807, 2.05) is 6.07 Å². The van der Waals surface area contributed by atoms with Crippen molar-refractivity contribution in [1.29, 1.82) is 5.26 Å². The van der Waals surface area contributed by atoms with Gasteiger partial charge in [-0.05, 0) is 24.3 Å². The van der Waals surface area contributed by atoms with Crippen LogP contribution in [0.5, 0.6) is 0 Å². The lowest BCUT2D eigenvalue weighted by Crippen LogP contribution is -2.02. The van der Waals surface area contributed by atoms with Crippen molar-refractivity contribution in [2.75, 3.05) is 11.1 Å². The summed E-state index contributed by atoms with van der Waals surface area (Å²) in [5.41, 5.74) is 5.56. The summed E-state index contributed by atoms with van der Waals surface area (Å²) in [4.78, 5) is 13.8. The fraction of sp³-hybridized carbons (Fsp3) is 0. The van der Waals surface area contributed by atoms with Gasteiger partial charge in [0, 0.05) is 6.07 Å². The van der Waals surface area contributed by atoms with Gasteiger partial charge >= 0.3 is 5.69 Å².